The standard InChI is InChI=1S/C16H21N3OS/c1-3-4-13-10-15(20)19-16(18-13)21-14-7-5-12(6-8-14)9-11(2)17/h5-8,10-11H,3-4,9,17H2,1-2H3,(H,18,19,20). The van der Waals surface area contributed by atoms with Crippen LogP contribution in [0.4, 0.5) is 0 Å². The number of nitrogens with two attached hydrogens (primary N) is 1. The smallest absolute Gasteiger partial charge is 0.251 e. The Morgan fingerprint density at radius 1 is 1.33 bits per heavy atom. The highest BCUT2D eigenvalue weighted by atomic mass is 32.2. The zero-order valence-corrected chi connectivity index (χ0v) is 13.2. The summed E-state index contributed by atoms with van der Waals surface area (Å²) in [5.74, 6) is 0. The molecule has 112 valence electrons. The summed E-state index contributed by atoms with van der Waals surface area (Å²) in [6.07, 6.45) is 2.67. The van der Waals surface area contributed by atoms with Crippen molar-refractivity contribution in [2.75, 3.05) is 0 Å². The highest BCUT2D eigenvalue weighted by molar-refractivity contribution is 7.99. The van der Waals surface area contributed by atoms with Crippen LogP contribution in [-0.4, -0.2) is 16.0 Å². The fourth-order valence-electron chi connectivity index (χ4n) is 2.09. The van der Waals surface area contributed by atoms with E-state index in [1.165, 1.54) is 17.3 Å². The van der Waals surface area contributed by atoms with Gasteiger partial charge in [-0.15, -0.1) is 0 Å². The van der Waals surface area contributed by atoms with Gasteiger partial charge >= 0.3 is 0 Å². The van der Waals surface area contributed by atoms with Gasteiger partial charge in [-0.1, -0.05) is 37.2 Å². The van der Waals surface area contributed by atoms with Gasteiger partial charge in [0.2, 0.25) is 0 Å². The predicted molar refractivity (Wildman–Crippen MR) is 86.8 cm³/mol. The number of nitrogens with zero attached hydrogens (tertiary/aromatic N) is 1. The molecule has 3 N–H and O–H groups in total. The lowest BCUT2D eigenvalue weighted by atomic mass is 10.1. The SMILES string of the molecule is CCCc1cc(=O)[nH]c(Sc2ccc(CC(C)N)cc2)n1. The Bertz CT molecular complexity index is 635. The van der Waals surface area contributed by atoms with Gasteiger partial charge in [-0.3, -0.25) is 4.79 Å². The lowest BCUT2D eigenvalue weighted by Crippen LogP contribution is -2.17. The van der Waals surface area contributed by atoms with Gasteiger partial charge in [-0.25, -0.2) is 4.98 Å². The third-order valence-electron chi connectivity index (χ3n) is 2.97. The van der Waals surface area contributed by atoms with E-state index in [1.807, 2.05) is 19.1 Å². The van der Waals surface area contributed by atoms with E-state index in [9.17, 15) is 4.79 Å². The van der Waals surface area contributed by atoms with Crippen molar-refractivity contribution >= 4 is 11.8 Å². The Kier molecular flexibility index (Phi) is 5.59. The highest BCUT2D eigenvalue weighted by Gasteiger charge is 2.04. The molecule has 5 heteroatoms. The molecule has 0 aliphatic carbocycles. The van der Waals surface area contributed by atoms with Crippen LogP contribution in [0.15, 0.2) is 45.2 Å². The van der Waals surface area contributed by atoms with Gasteiger partial charge in [-0.05, 0) is 37.5 Å². The van der Waals surface area contributed by atoms with Gasteiger partial charge in [0, 0.05) is 22.7 Å². The van der Waals surface area contributed by atoms with Crippen molar-refractivity contribution in [2.24, 2.45) is 5.73 Å². The molecule has 2 rings (SSSR count). The van der Waals surface area contributed by atoms with E-state index in [-0.39, 0.29) is 11.6 Å². The molecule has 0 amide bonds. The fraction of sp³-hybridized carbons (Fsp3) is 0.375. The summed E-state index contributed by atoms with van der Waals surface area (Å²) in [7, 11) is 0. The van der Waals surface area contributed by atoms with Gasteiger partial charge in [0.15, 0.2) is 5.16 Å². The van der Waals surface area contributed by atoms with Gasteiger partial charge in [-0.2, -0.15) is 0 Å². The summed E-state index contributed by atoms with van der Waals surface area (Å²) in [4.78, 5) is 19.9. The summed E-state index contributed by atoms with van der Waals surface area (Å²) in [5.41, 5.74) is 7.76. The molecule has 0 aliphatic rings. The van der Waals surface area contributed by atoms with Crippen LogP contribution in [-0.2, 0) is 12.8 Å². The van der Waals surface area contributed by atoms with Crippen LogP contribution >= 0.6 is 11.8 Å². The van der Waals surface area contributed by atoms with E-state index >= 15 is 0 Å². The molecule has 1 aromatic carbocycles. The molecule has 0 aliphatic heterocycles. The molecule has 1 heterocycles. The molecule has 0 saturated carbocycles. The molecule has 0 fully saturated rings. The first-order valence-electron chi connectivity index (χ1n) is 7.19. The maximum atomic E-state index is 11.6. The summed E-state index contributed by atoms with van der Waals surface area (Å²) in [6, 6.07) is 9.94. The first kappa shape index (κ1) is 15.8. The van der Waals surface area contributed by atoms with E-state index in [4.69, 9.17) is 5.73 Å². The van der Waals surface area contributed by atoms with E-state index in [2.05, 4.69) is 29.0 Å². The Hall–Kier alpha value is -1.59. The lowest BCUT2D eigenvalue weighted by Gasteiger charge is -2.07. The van der Waals surface area contributed by atoms with Crippen molar-refractivity contribution in [2.45, 2.75) is 49.2 Å². The van der Waals surface area contributed by atoms with Crippen LogP contribution in [0.25, 0.3) is 0 Å². The minimum atomic E-state index is -0.0930. The number of rotatable bonds is 6. The second kappa shape index (κ2) is 7.43. The number of aryl methyl sites for hydroxylation is 1. The van der Waals surface area contributed by atoms with Crippen LogP contribution in [0, 0.1) is 0 Å². The Morgan fingerprint density at radius 2 is 2.05 bits per heavy atom. The Labute approximate surface area is 129 Å². The number of hydrogen-bond acceptors (Lipinski definition) is 4. The zero-order valence-electron chi connectivity index (χ0n) is 12.4. The Morgan fingerprint density at radius 3 is 2.67 bits per heavy atom. The number of aromatic amines is 1. The van der Waals surface area contributed by atoms with Crippen molar-refractivity contribution in [3.63, 3.8) is 0 Å². The monoisotopic (exact) mass is 303 g/mol. The second-order valence-corrected chi connectivity index (χ2v) is 6.28. The van der Waals surface area contributed by atoms with Crippen molar-refractivity contribution in [3.8, 4) is 0 Å². The van der Waals surface area contributed by atoms with Crippen LogP contribution in [0.1, 0.15) is 31.5 Å². The number of hydrogen-bond donors (Lipinski definition) is 2. The molecule has 21 heavy (non-hydrogen) atoms. The lowest BCUT2D eigenvalue weighted by molar-refractivity contribution is 0.737. The van der Waals surface area contributed by atoms with E-state index < -0.39 is 0 Å². The number of aromatic nitrogens is 2. The van der Waals surface area contributed by atoms with Gasteiger partial charge in [0.25, 0.3) is 5.56 Å². The van der Waals surface area contributed by atoms with Crippen LogP contribution < -0.4 is 11.3 Å². The third-order valence-corrected chi connectivity index (χ3v) is 3.87. The summed E-state index contributed by atoms with van der Waals surface area (Å²) >= 11 is 1.47. The molecule has 0 spiro atoms. The first-order chi connectivity index (χ1) is 10.1. The summed E-state index contributed by atoms with van der Waals surface area (Å²) < 4.78 is 0. The van der Waals surface area contributed by atoms with Gasteiger partial charge < -0.3 is 10.7 Å². The maximum absolute atomic E-state index is 11.6. The average molecular weight is 303 g/mol. The second-order valence-electron chi connectivity index (χ2n) is 5.22. The van der Waals surface area contributed by atoms with Crippen LogP contribution in [0.5, 0.6) is 0 Å². The maximum Gasteiger partial charge on any atom is 0.251 e. The van der Waals surface area contributed by atoms with E-state index in [0.29, 0.717) is 5.16 Å². The fourth-order valence-corrected chi connectivity index (χ4v) is 2.90. The third kappa shape index (κ3) is 5.02. The number of nitrogens with one attached hydrogen (secondary N) is 1. The molecule has 0 radical (unpaired) electrons. The number of benzene rings is 1. The molecule has 1 unspecified atom stereocenters. The minimum absolute atomic E-state index is 0.0930. The Balaban J connectivity index is 2.12. The van der Waals surface area contributed by atoms with Crippen LogP contribution in [0.2, 0.25) is 0 Å². The highest BCUT2D eigenvalue weighted by Crippen LogP contribution is 2.24. The quantitative estimate of drug-likeness (QED) is 0.805. The summed E-state index contributed by atoms with van der Waals surface area (Å²) in [6.45, 7) is 4.07. The summed E-state index contributed by atoms with van der Waals surface area (Å²) in [5, 5.41) is 0.644. The molecular weight excluding hydrogens is 282 g/mol. The number of H-pyrrole nitrogens is 1. The minimum Gasteiger partial charge on any atom is -0.328 e. The topological polar surface area (TPSA) is 71.8 Å². The first-order valence-corrected chi connectivity index (χ1v) is 8.01. The molecule has 1 aromatic heterocycles. The van der Waals surface area contributed by atoms with Crippen molar-refractivity contribution in [3.05, 3.63) is 51.9 Å². The predicted octanol–water partition coefficient (Wildman–Crippen LogP) is 2.76. The molecule has 1 atom stereocenters. The van der Waals surface area contributed by atoms with E-state index in [0.717, 1.165) is 29.9 Å². The van der Waals surface area contributed by atoms with Crippen molar-refractivity contribution in [1.29, 1.82) is 0 Å². The van der Waals surface area contributed by atoms with Crippen molar-refractivity contribution < 1.29 is 0 Å². The normalized spacial score (nSPS) is 12.3. The van der Waals surface area contributed by atoms with Gasteiger partial charge in [0.1, 0.15) is 0 Å². The average Bonchev–Trinajstić information content (AvgIpc) is 2.40. The molecular formula is C16H21N3OS. The van der Waals surface area contributed by atoms with Crippen LogP contribution in [0.3, 0.4) is 0 Å². The van der Waals surface area contributed by atoms with Crippen molar-refractivity contribution in [1.82, 2.24) is 9.97 Å². The largest absolute Gasteiger partial charge is 0.328 e. The zero-order chi connectivity index (χ0) is 15.2. The van der Waals surface area contributed by atoms with Gasteiger partial charge in [0.05, 0.1) is 0 Å². The van der Waals surface area contributed by atoms with E-state index in [1.54, 1.807) is 6.07 Å². The molecule has 0 bridgehead atoms. The molecule has 4 nitrogen and oxygen atoms in total. The molecule has 0 saturated heterocycles. The molecule has 2 aromatic rings.